The molecule has 0 bridgehead atoms. The molecule has 0 saturated heterocycles. The summed E-state index contributed by atoms with van der Waals surface area (Å²) in [5.74, 6) is 0. The van der Waals surface area contributed by atoms with Crippen LogP contribution in [0.4, 0.5) is 0 Å². The Morgan fingerprint density at radius 1 is 1.64 bits per heavy atom. The highest BCUT2D eigenvalue weighted by molar-refractivity contribution is 9.10. The lowest BCUT2D eigenvalue weighted by Crippen LogP contribution is -2.09. The quantitative estimate of drug-likeness (QED) is 0.832. The van der Waals surface area contributed by atoms with Crippen molar-refractivity contribution in [3.05, 3.63) is 20.8 Å². The minimum Gasteiger partial charge on any atom is -0.390 e. The number of hydrogen-bond donors (Lipinski definition) is 1. The van der Waals surface area contributed by atoms with Crippen molar-refractivity contribution in [3.8, 4) is 0 Å². The van der Waals surface area contributed by atoms with Gasteiger partial charge in [0.2, 0.25) is 0 Å². The minimum absolute atomic E-state index is 0.343. The average molecular weight is 233 g/mol. The number of thiophene rings is 1. The van der Waals surface area contributed by atoms with E-state index in [-0.39, 0.29) is 5.60 Å². The van der Waals surface area contributed by atoms with Crippen molar-refractivity contribution in [2.24, 2.45) is 0 Å². The largest absolute Gasteiger partial charge is 0.390 e. The first-order valence-corrected chi connectivity index (χ1v) is 5.31. The fraction of sp³-hybridized carbons (Fsp3) is 0.500. The van der Waals surface area contributed by atoms with Crippen LogP contribution in [-0.4, -0.2) is 10.7 Å². The second kappa shape index (κ2) is 2.57. The van der Waals surface area contributed by atoms with E-state index in [1.165, 1.54) is 4.88 Å². The summed E-state index contributed by atoms with van der Waals surface area (Å²) in [6, 6.07) is 2.08. The Morgan fingerprint density at radius 3 is 2.82 bits per heavy atom. The lowest BCUT2D eigenvalue weighted by atomic mass is 10.2. The third-order valence-corrected chi connectivity index (χ3v) is 3.65. The highest BCUT2D eigenvalue weighted by Gasteiger charge is 2.40. The molecule has 0 aliphatic heterocycles. The third-order valence-electron chi connectivity index (χ3n) is 1.95. The molecule has 0 radical (unpaired) electrons. The molecule has 1 aliphatic rings. The van der Waals surface area contributed by atoms with Crippen molar-refractivity contribution in [2.45, 2.75) is 24.9 Å². The van der Waals surface area contributed by atoms with Gasteiger partial charge in [-0.05, 0) is 34.8 Å². The maximum atomic E-state index is 9.58. The van der Waals surface area contributed by atoms with Crippen LogP contribution in [0.5, 0.6) is 0 Å². The molecule has 1 aromatic heterocycles. The molecular weight excluding hydrogens is 224 g/mol. The van der Waals surface area contributed by atoms with Crippen LogP contribution in [0.2, 0.25) is 0 Å². The van der Waals surface area contributed by atoms with Crippen molar-refractivity contribution in [3.63, 3.8) is 0 Å². The van der Waals surface area contributed by atoms with Crippen molar-refractivity contribution >= 4 is 27.3 Å². The van der Waals surface area contributed by atoms with Crippen molar-refractivity contribution in [2.75, 3.05) is 0 Å². The second-order valence-electron chi connectivity index (χ2n) is 3.13. The van der Waals surface area contributed by atoms with Crippen LogP contribution in [0.15, 0.2) is 15.9 Å². The summed E-state index contributed by atoms with van der Waals surface area (Å²) in [5.41, 5.74) is -0.343. The predicted octanol–water partition coefficient (Wildman–Crippen LogP) is 2.58. The lowest BCUT2D eigenvalue weighted by Gasteiger charge is -2.02. The molecule has 0 atom stereocenters. The Labute approximate surface area is 78.2 Å². The van der Waals surface area contributed by atoms with Gasteiger partial charge in [-0.3, -0.25) is 0 Å². The minimum atomic E-state index is -0.343. The van der Waals surface area contributed by atoms with E-state index < -0.39 is 0 Å². The first-order valence-electron chi connectivity index (χ1n) is 3.63. The molecule has 0 amide bonds. The Kier molecular flexibility index (Phi) is 1.82. The Hall–Kier alpha value is 0.140. The number of halogens is 1. The van der Waals surface area contributed by atoms with Crippen LogP contribution in [0.25, 0.3) is 0 Å². The molecule has 3 heteroatoms. The second-order valence-corrected chi connectivity index (χ2v) is 5.04. The molecule has 1 aromatic rings. The SMILES string of the molecule is OC1(Cc2cc(Br)cs2)CC1. The molecule has 11 heavy (non-hydrogen) atoms. The summed E-state index contributed by atoms with van der Waals surface area (Å²) >= 11 is 5.10. The molecule has 1 heterocycles. The molecule has 0 unspecified atom stereocenters. The Balaban J connectivity index is 2.06. The van der Waals surface area contributed by atoms with Crippen LogP contribution in [0.3, 0.4) is 0 Å². The van der Waals surface area contributed by atoms with Gasteiger partial charge >= 0.3 is 0 Å². The van der Waals surface area contributed by atoms with E-state index in [0.717, 1.165) is 23.7 Å². The average Bonchev–Trinajstić information content (AvgIpc) is 2.49. The Bertz CT molecular complexity index is 265. The maximum Gasteiger partial charge on any atom is 0.0698 e. The first kappa shape index (κ1) is 7.77. The Morgan fingerprint density at radius 2 is 2.36 bits per heavy atom. The fourth-order valence-electron chi connectivity index (χ4n) is 1.09. The van der Waals surface area contributed by atoms with E-state index in [0.29, 0.717) is 0 Å². The number of rotatable bonds is 2. The van der Waals surface area contributed by atoms with Gasteiger partial charge in [-0.2, -0.15) is 0 Å². The lowest BCUT2D eigenvalue weighted by molar-refractivity contribution is 0.152. The van der Waals surface area contributed by atoms with Gasteiger partial charge in [0, 0.05) is 21.2 Å². The fourth-order valence-corrected chi connectivity index (χ4v) is 2.68. The molecule has 60 valence electrons. The molecule has 2 rings (SSSR count). The molecule has 1 fully saturated rings. The zero-order valence-electron chi connectivity index (χ0n) is 6.01. The van der Waals surface area contributed by atoms with Crippen LogP contribution in [0, 0.1) is 0 Å². The van der Waals surface area contributed by atoms with Crippen LogP contribution in [0.1, 0.15) is 17.7 Å². The molecular formula is C8H9BrOS. The summed E-state index contributed by atoms with van der Waals surface area (Å²) in [4.78, 5) is 1.27. The summed E-state index contributed by atoms with van der Waals surface area (Å²) < 4.78 is 1.13. The first-order chi connectivity index (χ1) is 5.18. The highest BCUT2D eigenvalue weighted by atomic mass is 79.9. The number of aliphatic hydroxyl groups is 1. The molecule has 0 aromatic carbocycles. The normalized spacial score (nSPS) is 20.2. The van der Waals surface area contributed by atoms with Gasteiger partial charge in [-0.1, -0.05) is 0 Å². The summed E-state index contributed by atoms with van der Waals surface area (Å²) in [5, 5.41) is 11.6. The molecule has 0 spiro atoms. The van der Waals surface area contributed by atoms with Crippen LogP contribution >= 0.6 is 27.3 Å². The van der Waals surface area contributed by atoms with Gasteiger partial charge in [0.1, 0.15) is 0 Å². The molecule has 1 aliphatic carbocycles. The van der Waals surface area contributed by atoms with Gasteiger partial charge < -0.3 is 5.11 Å². The van der Waals surface area contributed by atoms with Crippen LogP contribution < -0.4 is 0 Å². The predicted molar refractivity (Wildman–Crippen MR) is 49.9 cm³/mol. The summed E-state index contributed by atoms with van der Waals surface area (Å²) in [7, 11) is 0. The van der Waals surface area contributed by atoms with Crippen molar-refractivity contribution in [1.29, 1.82) is 0 Å². The summed E-state index contributed by atoms with van der Waals surface area (Å²) in [6.45, 7) is 0. The molecule has 1 saturated carbocycles. The smallest absolute Gasteiger partial charge is 0.0698 e. The van der Waals surface area contributed by atoms with E-state index in [2.05, 4.69) is 27.4 Å². The van der Waals surface area contributed by atoms with Gasteiger partial charge in [-0.15, -0.1) is 11.3 Å². The van der Waals surface area contributed by atoms with Gasteiger partial charge in [0.25, 0.3) is 0 Å². The zero-order valence-corrected chi connectivity index (χ0v) is 8.41. The van der Waals surface area contributed by atoms with Gasteiger partial charge in [0.05, 0.1) is 5.60 Å². The van der Waals surface area contributed by atoms with E-state index >= 15 is 0 Å². The standard InChI is InChI=1S/C8H9BrOS/c9-6-3-7(11-5-6)4-8(10)1-2-8/h3,5,10H,1-2,4H2. The molecule has 1 nitrogen and oxygen atoms in total. The summed E-state index contributed by atoms with van der Waals surface area (Å²) in [6.07, 6.45) is 2.79. The van der Waals surface area contributed by atoms with Crippen molar-refractivity contribution < 1.29 is 5.11 Å². The van der Waals surface area contributed by atoms with Crippen molar-refractivity contribution in [1.82, 2.24) is 0 Å². The van der Waals surface area contributed by atoms with Gasteiger partial charge in [-0.25, -0.2) is 0 Å². The van der Waals surface area contributed by atoms with Gasteiger partial charge in [0.15, 0.2) is 0 Å². The third kappa shape index (κ3) is 1.83. The zero-order chi connectivity index (χ0) is 7.90. The van der Waals surface area contributed by atoms with E-state index in [9.17, 15) is 5.11 Å². The maximum absolute atomic E-state index is 9.58. The number of hydrogen-bond acceptors (Lipinski definition) is 2. The topological polar surface area (TPSA) is 20.2 Å². The highest BCUT2D eigenvalue weighted by Crippen LogP contribution is 2.39. The van der Waals surface area contributed by atoms with E-state index in [1.807, 2.05) is 0 Å². The molecule has 1 N–H and O–H groups in total. The van der Waals surface area contributed by atoms with Crippen LogP contribution in [-0.2, 0) is 6.42 Å². The van der Waals surface area contributed by atoms with E-state index in [4.69, 9.17) is 0 Å². The van der Waals surface area contributed by atoms with E-state index in [1.54, 1.807) is 11.3 Å². The monoisotopic (exact) mass is 232 g/mol.